The molecule has 6 nitrogen and oxygen atoms in total. The molecule has 27 heavy (non-hydrogen) atoms. The maximum atomic E-state index is 11.6. The number of nitrogens with zero attached hydrogens (tertiary/aromatic N) is 2. The first kappa shape index (κ1) is 19.7. The van der Waals surface area contributed by atoms with Gasteiger partial charge in [-0.1, -0.05) is 23.9 Å². The van der Waals surface area contributed by atoms with Crippen molar-refractivity contribution in [1.82, 2.24) is 14.3 Å². The summed E-state index contributed by atoms with van der Waals surface area (Å²) in [7, 11) is -1.74. The summed E-state index contributed by atoms with van der Waals surface area (Å²) in [6.07, 6.45) is 0.556. The van der Waals surface area contributed by atoms with Crippen molar-refractivity contribution in [1.29, 1.82) is 0 Å². The van der Waals surface area contributed by atoms with Crippen molar-refractivity contribution in [3.05, 3.63) is 48.5 Å². The standard InChI is InChI=1S/C19H23N3O3S2/c1-3-25-16-11-9-15(10-12-16)22-18-8-5-4-7-17(18)21-19(22)26-13-6-14-27(23,24)20-2/h4-5,7-12,20H,3,6,13-14H2,1-2H3. The number of hydrogen-bond acceptors (Lipinski definition) is 5. The van der Waals surface area contributed by atoms with Crippen molar-refractivity contribution in [3.8, 4) is 11.4 Å². The van der Waals surface area contributed by atoms with E-state index in [1.165, 1.54) is 7.05 Å². The Morgan fingerprint density at radius 1 is 1.15 bits per heavy atom. The molecule has 2 aromatic carbocycles. The van der Waals surface area contributed by atoms with Crippen LogP contribution < -0.4 is 9.46 Å². The predicted octanol–water partition coefficient (Wildman–Crippen LogP) is 3.46. The van der Waals surface area contributed by atoms with Crippen molar-refractivity contribution < 1.29 is 13.2 Å². The molecule has 0 aliphatic rings. The van der Waals surface area contributed by atoms with Gasteiger partial charge in [0.15, 0.2) is 5.16 Å². The first-order chi connectivity index (χ1) is 13.0. The van der Waals surface area contributed by atoms with E-state index in [4.69, 9.17) is 9.72 Å². The van der Waals surface area contributed by atoms with Crippen LogP contribution in [0.4, 0.5) is 0 Å². The third kappa shape index (κ3) is 4.82. The Kier molecular flexibility index (Phi) is 6.41. The molecule has 0 fully saturated rings. The highest BCUT2D eigenvalue weighted by atomic mass is 32.2. The largest absolute Gasteiger partial charge is 0.494 e. The molecule has 0 aliphatic heterocycles. The topological polar surface area (TPSA) is 73.2 Å². The molecule has 0 bridgehead atoms. The van der Waals surface area contributed by atoms with Crippen LogP contribution in [-0.2, 0) is 10.0 Å². The number of ether oxygens (including phenoxy) is 1. The Balaban J connectivity index is 1.85. The average Bonchev–Trinajstić information content (AvgIpc) is 3.04. The highest BCUT2D eigenvalue weighted by Crippen LogP contribution is 2.29. The van der Waals surface area contributed by atoms with E-state index in [9.17, 15) is 8.42 Å². The van der Waals surface area contributed by atoms with Crippen molar-refractivity contribution in [2.45, 2.75) is 18.5 Å². The molecule has 8 heteroatoms. The summed E-state index contributed by atoms with van der Waals surface area (Å²) in [5, 5.41) is 0.849. The second kappa shape index (κ2) is 8.77. The molecule has 1 aromatic heterocycles. The normalized spacial score (nSPS) is 11.8. The van der Waals surface area contributed by atoms with Gasteiger partial charge in [-0.25, -0.2) is 18.1 Å². The molecule has 1 heterocycles. The number of hydrogen-bond donors (Lipinski definition) is 1. The average molecular weight is 406 g/mol. The van der Waals surface area contributed by atoms with E-state index in [0.717, 1.165) is 27.6 Å². The third-order valence-corrected chi connectivity index (χ3v) is 6.51. The van der Waals surface area contributed by atoms with Crippen LogP contribution in [0.2, 0.25) is 0 Å². The van der Waals surface area contributed by atoms with E-state index < -0.39 is 10.0 Å². The monoisotopic (exact) mass is 405 g/mol. The van der Waals surface area contributed by atoms with Crippen molar-refractivity contribution >= 4 is 32.8 Å². The second-order valence-electron chi connectivity index (χ2n) is 5.87. The lowest BCUT2D eigenvalue weighted by molar-refractivity contribution is 0.340. The Hall–Kier alpha value is -2.03. The maximum Gasteiger partial charge on any atom is 0.211 e. The summed E-state index contributed by atoms with van der Waals surface area (Å²) in [4.78, 5) is 4.73. The fourth-order valence-electron chi connectivity index (χ4n) is 2.72. The lowest BCUT2D eigenvalue weighted by Gasteiger charge is -2.10. The fraction of sp³-hybridized carbons (Fsp3) is 0.316. The molecular formula is C19H23N3O3S2. The Labute approximate surface area is 164 Å². The van der Waals surface area contributed by atoms with Gasteiger partial charge in [0.25, 0.3) is 0 Å². The number of fused-ring (bicyclic) bond motifs is 1. The van der Waals surface area contributed by atoms with Crippen molar-refractivity contribution in [3.63, 3.8) is 0 Å². The van der Waals surface area contributed by atoms with E-state index in [2.05, 4.69) is 9.29 Å². The van der Waals surface area contributed by atoms with Crippen LogP contribution in [-0.4, -0.2) is 43.1 Å². The van der Waals surface area contributed by atoms with Gasteiger partial charge in [0.05, 0.1) is 23.4 Å². The smallest absolute Gasteiger partial charge is 0.211 e. The fourth-order valence-corrected chi connectivity index (χ4v) is 4.60. The molecule has 0 atom stereocenters. The summed E-state index contributed by atoms with van der Waals surface area (Å²) in [6, 6.07) is 15.9. The quantitative estimate of drug-likeness (QED) is 0.436. The van der Waals surface area contributed by atoms with Gasteiger partial charge >= 0.3 is 0 Å². The number of sulfonamides is 1. The lowest BCUT2D eigenvalue weighted by Crippen LogP contribution is -2.22. The molecule has 3 aromatic rings. The Morgan fingerprint density at radius 3 is 2.59 bits per heavy atom. The molecule has 0 aliphatic carbocycles. The highest BCUT2D eigenvalue weighted by molar-refractivity contribution is 7.99. The van der Waals surface area contributed by atoms with Gasteiger partial charge < -0.3 is 4.74 Å². The van der Waals surface area contributed by atoms with Gasteiger partial charge in [-0.2, -0.15) is 0 Å². The first-order valence-corrected chi connectivity index (χ1v) is 11.4. The minimum absolute atomic E-state index is 0.111. The van der Waals surface area contributed by atoms with Crippen LogP contribution in [0.15, 0.2) is 53.7 Å². The Morgan fingerprint density at radius 2 is 1.89 bits per heavy atom. The Bertz CT molecular complexity index is 999. The van der Waals surface area contributed by atoms with Gasteiger partial charge in [0.2, 0.25) is 10.0 Å². The predicted molar refractivity (Wildman–Crippen MR) is 110 cm³/mol. The summed E-state index contributed by atoms with van der Waals surface area (Å²) in [6.45, 7) is 2.59. The number of benzene rings is 2. The van der Waals surface area contributed by atoms with Gasteiger partial charge in [0.1, 0.15) is 5.75 Å². The van der Waals surface area contributed by atoms with E-state index in [1.54, 1.807) is 11.8 Å². The third-order valence-electron chi connectivity index (χ3n) is 4.04. The first-order valence-electron chi connectivity index (χ1n) is 8.79. The number of imidazole rings is 1. The van der Waals surface area contributed by atoms with Gasteiger partial charge in [-0.15, -0.1) is 0 Å². The molecule has 144 valence electrons. The van der Waals surface area contributed by atoms with E-state index >= 15 is 0 Å². The zero-order chi connectivity index (χ0) is 19.3. The lowest BCUT2D eigenvalue weighted by atomic mass is 10.2. The molecule has 0 radical (unpaired) electrons. The zero-order valence-electron chi connectivity index (χ0n) is 15.4. The maximum absolute atomic E-state index is 11.6. The summed E-state index contributed by atoms with van der Waals surface area (Å²) in [5.41, 5.74) is 2.93. The van der Waals surface area contributed by atoms with Crippen molar-refractivity contribution in [2.75, 3.05) is 25.2 Å². The second-order valence-corrected chi connectivity index (χ2v) is 8.98. The summed E-state index contributed by atoms with van der Waals surface area (Å²) in [5.74, 6) is 1.61. The molecule has 0 amide bonds. The highest BCUT2D eigenvalue weighted by Gasteiger charge is 2.14. The van der Waals surface area contributed by atoms with Crippen LogP contribution in [0.3, 0.4) is 0 Å². The van der Waals surface area contributed by atoms with E-state index in [1.807, 2.05) is 55.5 Å². The van der Waals surface area contributed by atoms with Crippen molar-refractivity contribution in [2.24, 2.45) is 0 Å². The van der Waals surface area contributed by atoms with Crippen LogP contribution >= 0.6 is 11.8 Å². The summed E-state index contributed by atoms with van der Waals surface area (Å²) >= 11 is 1.56. The van der Waals surface area contributed by atoms with Crippen LogP contribution in [0.25, 0.3) is 16.7 Å². The van der Waals surface area contributed by atoms with E-state index in [0.29, 0.717) is 18.8 Å². The van der Waals surface area contributed by atoms with Crippen LogP contribution in [0.5, 0.6) is 5.75 Å². The molecule has 0 spiro atoms. The number of rotatable bonds is 9. The van der Waals surface area contributed by atoms with E-state index in [-0.39, 0.29) is 5.75 Å². The van der Waals surface area contributed by atoms with Gasteiger partial charge in [0, 0.05) is 11.4 Å². The number of thioether (sulfide) groups is 1. The van der Waals surface area contributed by atoms with Gasteiger partial charge in [-0.3, -0.25) is 4.57 Å². The number of nitrogens with one attached hydrogen (secondary N) is 1. The van der Waals surface area contributed by atoms with Gasteiger partial charge in [-0.05, 0) is 56.8 Å². The molecule has 0 saturated heterocycles. The number of aromatic nitrogens is 2. The summed E-state index contributed by atoms with van der Waals surface area (Å²) < 4.78 is 33.1. The molecule has 0 saturated carbocycles. The van der Waals surface area contributed by atoms with Crippen LogP contribution in [0.1, 0.15) is 13.3 Å². The molecule has 1 N–H and O–H groups in total. The number of para-hydroxylation sites is 2. The minimum Gasteiger partial charge on any atom is -0.494 e. The SMILES string of the molecule is CCOc1ccc(-n2c(SCCCS(=O)(=O)NC)nc3ccccc32)cc1. The van der Waals surface area contributed by atoms with Crippen LogP contribution in [0, 0.1) is 0 Å². The molecule has 0 unspecified atom stereocenters. The zero-order valence-corrected chi connectivity index (χ0v) is 17.0. The molecular weight excluding hydrogens is 382 g/mol. The minimum atomic E-state index is -3.18. The molecule has 3 rings (SSSR count).